The topological polar surface area (TPSA) is 130 Å². The number of nitrogen functional groups attached to an aromatic ring is 1. The number of aromatic amines is 2. The van der Waals surface area contributed by atoms with Gasteiger partial charge in [-0.3, -0.25) is 0 Å². The van der Waals surface area contributed by atoms with Crippen molar-refractivity contribution in [3.8, 4) is 0 Å². The van der Waals surface area contributed by atoms with E-state index in [1.807, 2.05) is 12.1 Å². The minimum Gasteiger partial charge on any atom is -0.381 e. The number of halogens is 1. The van der Waals surface area contributed by atoms with Gasteiger partial charge in [0.25, 0.3) is 0 Å². The van der Waals surface area contributed by atoms with Crippen molar-refractivity contribution < 1.29 is 8.49 Å². The fraction of sp³-hybridized carbons (Fsp3) is 0. The zero-order valence-corrected chi connectivity index (χ0v) is 17.9. The fourth-order valence-corrected chi connectivity index (χ4v) is 4.02. The first kappa shape index (κ1) is 20.2. The van der Waals surface area contributed by atoms with Crippen molar-refractivity contribution >= 4 is 62.1 Å². The SMILES string of the molecule is Nc1nc2ccccc2nc1N(OS(=O)c1ccc(Cl)cc1)c1ccc2[nH]c(=O)[nH]c2c1. The summed E-state index contributed by atoms with van der Waals surface area (Å²) >= 11 is 4.00. The highest BCUT2D eigenvalue weighted by Crippen LogP contribution is 2.32. The number of hydrogen-bond acceptors (Lipinski definition) is 7. The van der Waals surface area contributed by atoms with E-state index < -0.39 is 11.1 Å². The number of imidazole rings is 1. The zero-order chi connectivity index (χ0) is 22.2. The van der Waals surface area contributed by atoms with Crippen LogP contribution in [-0.4, -0.2) is 24.1 Å². The molecule has 1 atom stereocenters. The van der Waals surface area contributed by atoms with E-state index >= 15 is 0 Å². The molecule has 0 fully saturated rings. The van der Waals surface area contributed by atoms with Crippen molar-refractivity contribution in [3.05, 3.63) is 82.2 Å². The molecule has 0 aliphatic rings. The van der Waals surface area contributed by atoms with E-state index in [0.717, 1.165) is 0 Å². The lowest BCUT2D eigenvalue weighted by atomic mass is 10.2. The second-order valence-electron chi connectivity index (χ2n) is 6.79. The van der Waals surface area contributed by atoms with Crippen molar-refractivity contribution in [1.82, 2.24) is 19.9 Å². The molecule has 5 aromatic rings. The first-order valence-electron chi connectivity index (χ1n) is 9.38. The molecule has 0 saturated carbocycles. The Bertz CT molecular complexity index is 1530. The number of H-pyrrole nitrogens is 2. The number of para-hydroxylation sites is 2. The van der Waals surface area contributed by atoms with Crippen LogP contribution in [0.4, 0.5) is 17.3 Å². The highest BCUT2D eigenvalue weighted by Gasteiger charge is 2.22. The van der Waals surface area contributed by atoms with Crippen LogP contribution >= 0.6 is 11.6 Å². The lowest BCUT2D eigenvalue weighted by Crippen LogP contribution is -2.22. The zero-order valence-electron chi connectivity index (χ0n) is 16.3. The van der Waals surface area contributed by atoms with Gasteiger partial charge in [0.1, 0.15) is 0 Å². The molecule has 0 aliphatic carbocycles. The lowest BCUT2D eigenvalue weighted by molar-refractivity contribution is 0.352. The summed E-state index contributed by atoms with van der Waals surface area (Å²) in [6, 6.07) is 18.7. The maximum atomic E-state index is 13.0. The van der Waals surface area contributed by atoms with E-state index in [1.54, 1.807) is 54.6 Å². The maximum absolute atomic E-state index is 13.0. The Morgan fingerprint density at radius 1 is 0.938 bits per heavy atom. The molecular weight excluding hydrogens is 452 g/mol. The molecule has 0 radical (unpaired) electrons. The number of anilines is 3. The Morgan fingerprint density at radius 3 is 2.38 bits per heavy atom. The van der Waals surface area contributed by atoms with Crippen LogP contribution < -0.4 is 16.5 Å². The number of hydrogen-bond donors (Lipinski definition) is 3. The van der Waals surface area contributed by atoms with Gasteiger partial charge in [0.15, 0.2) is 5.82 Å². The monoisotopic (exact) mass is 466 g/mol. The minimum absolute atomic E-state index is 0.0828. The van der Waals surface area contributed by atoms with Crippen molar-refractivity contribution in [3.63, 3.8) is 0 Å². The minimum atomic E-state index is -1.93. The molecule has 32 heavy (non-hydrogen) atoms. The van der Waals surface area contributed by atoms with Gasteiger partial charge in [0.2, 0.25) is 16.9 Å². The van der Waals surface area contributed by atoms with Crippen molar-refractivity contribution in [2.24, 2.45) is 0 Å². The quantitative estimate of drug-likeness (QED) is 0.335. The van der Waals surface area contributed by atoms with Gasteiger partial charge in [-0.15, -0.1) is 0 Å². The van der Waals surface area contributed by atoms with Gasteiger partial charge in [-0.25, -0.2) is 19.0 Å². The second-order valence-corrected chi connectivity index (χ2v) is 8.31. The third-order valence-corrected chi connectivity index (χ3v) is 5.85. The fourth-order valence-electron chi connectivity index (χ4n) is 3.16. The molecule has 4 N–H and O–H groups in total. The Hall–Kier alpha value is -3.73. The number of rotatable bonds is 5. The molecule has 9 nitrogen and oxygen atoms in total. The second kappa shape index (κ2) is 8.08. The Balaban J connectivity index is 1.63. The van der Waals surface area contributed by atoms with Gasteiger partial charge in [0, 0.05) is 5.02 Å². The molecule has 5 rings (SSSR count). The summed E-state index contributed by atoms with van der Waals surface area (Å²) in [4.78, 5) is 26.4. The molecule has 160 valence electrons. The number of nitrogens with one attached hydrogen (secondary N) is 2. The van der Waals surface area contributed by atoms with Crippen molar-refractivity contribution in [2.75, 3.05) is 10.8 Å². The van der Waals surface area contributed by atoms with Crippen LogP contribution in [0.2, 0.25) is 5.02 Å². The molecule has 0 amide bonds. The summed E-state index contributed by atoms with van der Waals surface area (Å²) < 4.78 is 18.8. The summed E-state index contributed by atoms with van der Waals surface area (Å²) in [6.07, 6.45) is 0. The van der Waals surface area contributed by atoms with Gasteiger partial charge < -0.3 is 15.7 Å². The number of nitrogens with zero attached hydrogens (tertiary/aromatic N) is 3. The largest absolute Gasteiger partial charge is 0.381 e. The molecule has 0 bridgehead atoms. The van der Waals surface area contributed by atoms with Crippen LogP contribution in [0.15, 0.2) is 76.4 Å². The molecule has 2 aromatic heterocycles. The van der Waals surface area contributed by atoms with Crippen molar-refractivity contribution in [2.45, 2.75) is 4.90 Å². The smallest absolute Gasteiger partial charge is 0.323 e. The Kier molecular flexibility index (Phi) is 5.10. The number of aromatic nitrogens is 4. The van der Waals surface area contributed by atoms with E-state index in [9.17, 15) is 9.00 Å². The number of benzene rings is 3. The van der Waals surface area contributed by atoms with E-state index in [4.69, 9.17) is 21.6 Å². The molecule has 0 saturated heterocycles. The summed E-state index contributed by atoms with van der Waals surface area (Å²) in [7, 11) is 0. The van der Waals surface area contributed by atoms with Gasteiger partial charge in [-0.2, -0.15) is 9.35 Å². The lowest BCUT2D eigenvalue weighted by Gasteiger charge is -2.22. The van der Waals surface area contributed by atoms with Gasteiger partial charge in [-0.05, 0) is 54.6 Å². The van der Waals surface area contributed by atoms with Gasteiger partial charge >= 0.3 is 5.69 Å². The molecule has 0 aliphatic heterocycles. The van der Waals surface area contributed by atoms with Crippen LogP contribution in [0.5, 0.6) is 0 Å². The van der Waals surface area contributed by atoms with Crippen molar-refractivity contribution in [1.29, 1.82) is 0 Å². The van der Waals surface area contributed by atoms with Crippen LogP contribution in [0, 0.1) is 0 Å². The van der Waals surface area contributed by atoms with Crippen LogP contribution in [0.1, 0.15) is 0 Å². The van der Waals surface area contributed by atoms with Crippen LogP contribution in [0.3, 0.4) is 0 Å². The summed E-state index contributed by atoms with van der Waals surface area (Å²) in [5.74, 6) is 0.239. The van der Waals surface area contributed by atoms with Crippen LogP contribution in [0.25, 0.3) is 22.1 Å². The Labute approximate surface area is 188 Å². The van der Waals surface area contributed by atoms with E-state index in [2.05, 4.69) is 19.9 Å². The third-order valence-electron chi connectivity index (χ3n) is 4.65. The predicted octanol–water partition coefficient (Wildman–Crippen LogP) is 3.83. The highest BCUT2D eigenvalue weighted by molar-refractivity contribution is 7.80. The first-order valence-corrected chi connectivity index (χ1v) is 10.8. The van der Waals surface area contributed by atoms with E-state index in [0.29, 0.717) is 37.7 Å². The third kappa shape index (κ3) is 3.82. The summed E-state index contributed by atoms with van der Waals surface area (Å²) in [5.41, 5.74) is 8.62. The standard InChI is InChI=1S/C21H15ClN6O3S/c22-12-5-8-14(9-6-12)32(30)31-28(13-7-10-17-18(11-13)27-21(29)26-17)20-19(23)24-15-3-1-2-4-16(15)25-20/h1-11H,(H2,23,24)(H2,26,27,29). The summed E-state index contributed by atoms with van der Waals surface area (Å²) in [5, 5.41) is 1.75. The molecular formula is C21H15ClN6O3S. The molecule has 0 spiro atoms. The number of fused-ring (bicyclic) bond motifs is 2. The van der Waals surface area contributed by atoms with Crippen LogP contribution in [-0.2, 0) is 15.4 Å². The number of nitrogens with two attached hydrogens (primary N) is 1. The van der Waals surface area contributed by atoms with Gasteiger partial charge in [-0.1, -0.05) is 23.7 Å². The highest BCUT2D eigenvalue weighted by atomic mass is 35.5. The average Bonchev–Trinajstić information content (AvgIpc) is 3.16. The molecule has 2 heterocycles. The van der Waals surface area contributed by atoms with E-state index in [1.165, 1.54) is 5.06 Å². The first-order chi connectivity index (χ1) is 15.5. The average molecular weight is 467 g/mol. The normalized spacial score (nSPS) is 12.3. The predicted molar refractivity (Wildman–Crippen MR) is 124 cm³/mol. The molecule has 3 aromatic carbocycles. The molecule has 11 heteroatoms. The Morgan fingerprint density at radius 2 is 1.62 bits per heavy atom. The summed E-state index contributed by atoms with van der Waals surface area (Å²) in [6.45, 7) is 0. The van der Waals surface area contributed by atoms with E-state index in [-0.39, 0.29) is 17.3 Å². The maximum Gasteiger partial charge on any atom is 0.323 e. The molecule has 1 unspecified atom stereocenters. The van der Waals surface area contributed by atoms with Gasteiger partial charge in [0.05, 0.1) is 32.6 Å².